The minimum atomic E-state index is -4.41. The second-order valence-corrected chi connectivity index (χ2v) is 4.25. The minimum absolute atomic E-state index is 0.139. The molecule has 0 spiro atoms. The lowest BCUT2D eigenvalue weighted by molar-refractivity contribution is -0.137. The lowest BCUT2D eigenvalue weighted by atomic mass is 10.2. The zero-order chi connectivity index (χ0) is 13.8. The summed E-state index contributed by atoms with van der Waals surface area (Å²) in [7, 11) is 3.86. The monoisotopic (exact) mass is 262 g/mol. The molecule has 1 aromatic heterocycles. The molecule has 1 rings (SSSR count). The molecule has 0 aliphatic carbocycles. The van der Waals surface area contributed by atoms with Gasteiger partial charge in [-0.15, -0.1) is 0 Å². The maximum atomic E-state index is 12.5. The molecular weight excluding hydrogens is 245 g/mol. The van der Waals surface area contributed by atoms with Crippen LogP contribution in [0, 0.1) is 0 Å². The SMILES string of the molecule is CN(C)CCCNc1cc(C(F)(F)F)cc(N)n1. The lowest BCUT2D eigenvalue weighted by Gasteiger charge is -2.12. The van der Waals surface area contributed by atoms with Gasteiger partial charge in [0.2, 0.25) is 0 Å². The van der Waals surface area contributed by atoms with E-state index in [1.165, 1.54) is 0 Å². The molecule has 0 aromatic carbocycles. The normalized spacial score (nSPS) is 11.9. The zero-order valence-corrected chi connectivity index (χ0v) is 10.4. The molecule has 18 heavy (non-hydrogen) atoms. The fraction of sp³-hybridized carbons (Fsp3) is 0.545. The Hall–Kier alpha value is -1.50. The van der Waals surface area contributed by atoms with Crippen LogP contribution in [0.2, 0.25) is 0 Å². The summed E-state index contributed by atoms with van der Waals surface area (Å²) >= 11 is 0. The Morgan fingerprint density at radius 1 is 1.33 bits per heavy atom. The Labute approximate surface area is 104 Å². The van der Waals surface area contributed by atoms with E-state index in [1.807, 2.05) is 19.0 Å². The van der Waals surface area contributed by atoms with Gasteiger partial charge in [0.05, 0.1) is 5.56 Å². The number of aromatic nitrogens is 1. The summed E-state index contributed by atoms with van der Waals surface area (Å²) in [4.78, 5) is 5.81. The average molecular weight is 262 g/mol. The summed E-state index contributed by atoms with van der Waals surface area (Å²) in [5.41, 5.74) is 4.56. The van der Waals surface area contributed by atoms with E-state index in [-0.39, 0.29) is 11.6 Å². The van der Waals surface area contributed by atoms with Gasteiger partial charge in [0.1, 0.15) is 11.6 Å². The smallest absolute Gasteiger partial charge is 0.384 e. The van der Waals surface area contributed by atoms with Crippen molar-refractivity contribution in [1.29, 1.82) is 0 Å². The van der Waals surface area contributed by atoms with E-state index in [0.29, 0.717) is 6.54 Å². The first-order valence-corrected chi connectivity index (χ1v) is 5.52. The van der Waals surface area contributed by atoms with Crippen molar-refractivity contribution in [1.82, 2.24) is 9.88 Å². The fourth-order valence-electron chi connectivity index (χ4n) is 1.42. The summed E-state index contributed by atoms with van der Waals surface area (Å²) in [6, 6.07) is 1.79. The summed E-state index contributed by atoms with van der Waals surface area (Å²) in [6.45, 7) is 1.40. The number of anilines is 2. The number of pyridine rings is 1. The van der Waals surface area contributed by atoms with Crippen molar-refractivity contribution >= 4 is 11.6 Å². The molecule has 0 atom stereocenters. The number of nitrogens with two attached hydrogens (primary N) is 1. The minimum Gasteiger partial charge on any atom is -0.384 e. The third-order valence-electron chi connectivity index (χ3n) is 2.26. The van der Waals surface area contributed by atoms with E-state index >= 15 is 0 Å². The first kappa shape index (κ1) is 14.6. The van der Waals surface area contributed by atoms with Gasteiger partial charge in [-0.1, -0.05) is 0 Å². The molecule has 1 aromatic rings. The van der Waals surface area contributed by atoms with Gasteiger partial charge in [-0.3, -0.25) is 0 Å². The van der Waals surface area contributed by atoms with Gasteiger partial charge in [-0.2, -0.15) is 13.2 Å². The predicted octanol–water partition coefficient (Wildman–Crippen LogP) is 2.05. The second-order valence-electron chi connectivity index (χ2n) is 4.25. The molecular formula is C11H17F3N4. The molecule has 0 saturated heterocycles. The van der Waals surface area contributed by atoms with Gasteiger partial charge in [0.15, 0.2) is 0 Å². The maximum absolute atomic E-state index is 12.5. The third-order valence-corrected chi connectivity index (χ3v) is 2.26. The molecule has 0 aliphatic heterocycles. The van der Waals surface area contributed by atoms with Gasteiger partial charge in [-0.25, -0.2) is 4.98 Å². The Morgan fingerprint density at radius 3 is 2.56 bits per heavy atom. The first-order chi connectivity index (χ1) is 8.29. The number of nitrogens with one attached hydrogen (secondary N) is 1. The highest BCUT2D eigenvalue weighted by molar-refractivity contribution is 5.47. The van der Waals surface area contributed by atoms with Crippen LogP contribution in [0.5, 0.6) is 0 Å². The number of nitrogens with zero attached hydrogens (tertiary/aromatic N) is 2. The molecule has 7 heteroatoms. The van der Waals surface area contributed by atoms with Gasteiger partial charge in [0.25, 0.3) is 0 Å². The number of halogens is 3. The van der Waals surface area contributed by atoms with Crippen LogP contribution in [-0.2, 0) is 6.18 Å². The largest absolute Gasteiger partial charge is 0.416 e. The van der Waals surface area contributed by atoms with Crippen LogP contribution in [0.4, 0.5) is 24.8 Å². The predicted molar refractivity (Wildman–Crippen MR) is 65.3 cm³/mol. The molecule has 1 heterocycles. The molecule has 0 radical (unpaired) electrons. The second kappa shape index (κ2) is 5.90. The Balaban J connectivity index is 2.63. The van der Waals surface area contributed by atoms with Gasteiger partial charge in [-0.05, 0) is 39.2 Å². The topological polar surface area (TPSA) is 54.2 Å². The van der Waals surface area contributed by atoms with Gasteiger partial charge in [0, 0.05) is 6.54 Å². The van der Waals surface area contributed by atoms with Crippen LogP contribution in [-0.4, -0.2) is 37.1 Å². The van der Waals surface area contributed by atoms with Crippen molar-refractivity contribution in [2.45, 2.75) is 12.6 Å². The highest BCUT2D eigenvalue weighted by atomic mass is 19.4. The van der Waals surface area contributed by atoms with E-state index in [9.17, 15) is 13.2 Å². The number of alkyl halides is 3. The number of hydrogen-bond acceptors (Lipinski definition) is 4. The Bertz CT molecular complexity index is 390. The summed E-state index contributed by atoms with van der Waals surface area (Å²) in [5.74, 6) is 0.0148. The van der Waals surface area contributed by atoms with Crippen LogP contribution in [0.1, 0.15) is 12.0 Å². The standard InChI is InChI=1S/C11H17F3N4/c1-18(2)5-3-4-16-10-7-8(11(12,13)14)6-9(15)17-10/h6-7H,3-5H2,1-2H3,(H3,15,16,17). The van der Waals surface area contributed by atoms with Gasteiger partial charge >= 0.3 is 6.18 Å². The van der Waals surface area contributed by atoms with Crippen molar-refractivity contribution in [2.24, 2.45) is 0 Å². The van der Waals surface area contributed by atoms with E-state index in [4.69, 9.17) is 5.73 Å². The molecule has 0 aliphatic rings. The highest BCUT2D eigenvalue weighted by Gasteiger charge is 2.31. The number of rotatable bonds is 5. The molecule has 0 saturated carbocycles. The van der Waals surface area contributed by atoms with E-state index < -0.39 is 11.7 Å². The maximum Gasteiger partial charge on any atom is 0.416 e. The van der Waals surface area contributed by atoms with Crippen molar-refractivity contribution in [2.75, 3.05) is 38.2 Å². The van der Waals surface area contributed by atoms with Gasteiger partial charge < -0.3 is 16.0 Å². The lowest BCUT2D eigenvalue weighted by Crippen LogP contribution is -2.17. The van der Waals surface area contributed by atoms with Crippen molar-refractivity contribution < 1.29 is 13.2 Å². The molecule has 0 unspecified atom stereocenters. The van der Waals surface area contributed by atoms with E-state index in [1.54, 1.807) is 0 Å². The molecule has 3 N–H and O–H groups in total. The van der Waals surface area contributed by atoms with E-state index in [2.05, 4.69) is 10.3 Å². The van der Waals surface area contributed by atoms with Crippen LogP contribution >= 0.6 is 0 Å². The van der Waals surface area contributed by atoms with Crippen LogP contribution in [0.15, 0.2) is 12.1 Å². The zero-order valence-electron chi connectivity index (χ0n) is 10.4. The first-order valence-electron chi connectivity index (χ1n) is 5.52. The van der Waals surface area contributed by atoms with E-state index in [0.717, 1.165) is 25.1 Å². The van der Waals surface area contributed by atoms with Crippen LogP contribution in [0.3, 0.4) is 0 Å². The number of nitrogen functional groups attached to an aromatic ring is 1. The molecule has 102 valence electrons. The van der Waals surface area contributed by atoms with Crippen LogP contribution in [0.25, 0.3) is 0 Å². The molecule has 4 nitrogen and oxygen atoms in total. The summed E-state index contributed by atoms with van der Waals surface area (Å²) < 4.78 is 37.6. The summed E-state index contributed by atoms with van der Waals surface area (Å²) in [5, 5.41) is 2.84. The van der Waals surface area contributed by atoms with Crippen molar-refractivity contribution in [3.63, 3.8) is 0 Å². The van der Waals surface area contributed by atoms with Crippen LogP contribution < -0.4 is 11.1 Å². The van der Waals surface area contributed by atoms with Crippen molar-refractivity contribution in [3.8, 4) is 0 Å². The Kier molecular flexibility index (Phi) is 4.77. The highest BCUT2D eigenvalue weighted by Crippen LogP contribution is 2.31. The fourth-order valence-corrected chi connectivity index (χ4v) is 1.42. The molecule has 0 amide bonds. The summed E-state index contributed by atoms with van der Waals surface area (Å²) in [6.07, 6.45) is -3.60. The quantitative estimate of drug-likeness (QED) is 0.797. The average Bonchev–Trinajstić information content (AvgIpc) is 2.22. The molecule has 0 bridgehead atoms. The molecule has 0 fully saturated rings. The van der Waals surface area contributed by atoms with Crippen molar-refractivity contribution in [3.05, 3.63) is 17.7 Å². The Morgan fingerprint density at radius 2 is 2.00 bits per heavy atom. The number of hydrogen-bond donors (Lipinski definition) is 2. The third kappa shape index (κ3) is 4.79.